The second-order valence-corrected chi connectivity index (χ2v) is 5.78. The number of aryl methyl sites for hydroxylation is 1. The minimum absolute atomic E-state index is 0.0490. The van der Waals surface area contributed by atoms with Crippen LogP contribution in [-0.2, 0) is 10.0 Å². The molecule has 0 radical (unpaired) electrons. The molecule has 0 aromatic carbocycles. The Labute approximate surface area is 111 Å². The number of nitrogens with zero attached hydrogens (tertiary/aromatic N) is 2. The van der Waals surface area contributed by atoms with Crippen molar-refractivity contribution >= 4 is 21.5 Å². The van der Waals surface area contributed by atoms with Gasteiger partial charge in [-0.05, 0) is 6.92 Å². The SMILES string of the molecule is CCNS(=O)(=O)CCNc1cc([N+](=O)[O-])c(C)cn1. The first kappa shape index (κ1) is 15.3. The van der Waals surface area contributed by atoms with Crippen molar-refractivity contribution in [2.75, 3.05) is 24.2 Å². The van der Waals surface area contributed by atoms with Gasteiger partial charge in [0.2, 0.25) is 10.0 Å². The number of hydrogen-bond donors (Lipinski definition) is 2. The van der Waals surface area contributed by atoms with Crippen LogP contribution in [0, 0.1) is 17.0 Å². The van der Waals surface area contributed by atoms with Gasteiger partial charge in [0.1, 0.15) is 5.82 Å². The highest BCUT2D eigenvalue weighted by Crippen LogP contribution is 2.19. The smallest absolute Gasteiger partial charge is 0.277 e. The van der Waals surface area contributed by atoms with Crippen LogP contribution in [0.1, 0.15) is 12.5 Å². The fourth-order valence-electron chi connectivity index (χ4n) is 1.41. The number of nitrogens with one attached hydrogen (secondary N) is 2. The standard InChI is InChI=1S/C10H16N4O4S/c1-3-13-19(17,18)5-4-11-10-6-9(14(15)16)8(2)7-12-10/h6-7,13H,3-5H2,1-2H3,(H,11,12). The quantitative estimate of drug-likeness (QED) is 0.562. The van der Waals surface area contributed by atoms with Crippen LogP contribution < -0.4 is 10.0 Å². The highest BCUT2D eigenvalue weighted by atomic mass is 32.2. The van der Waals surface area contributed by atoms with E-state index in [1.165, 1.54) is 12.3 Å². The van der Waals surface area contributed by atoms with Gasteiger partial charge in [0.25, 0.3) is 5.69 Å². The van der Waals surface area contributed by atoms with Crippen molar-refractivity contribution in [3.05, 3.63) is 27.9 Å². The second kappa shape index (κ2) is 6.43. The number of sulfonamides is 1. The molecule has 0 saturated heterocycles. The topological polar surface area (TPSA) is 114 Å². The van der Waals surface area contributed by atoms with Gasteiger partial charge >= 0.3 is 0 Å². The Kier molecular flexibility index (Phi) is 5.19. The van der Waals surface area contributed by atoms with Crippen molar-refractivity contribution in [3.8, 4) is 0 Å². The first-order chi connectivity index (χ1) is 8.85. The van der Waals surface area contributed by atoms with Crippen molar-refractivity contribution in [2.24, 2.45) is 0 Å². The van der Waals surface area contributed by atoms with Crippen LogP contribution >= 0.6 is 0 Å². The van der Waals surface area contributed by atoms with Gasteiger partial charge < -0.3 is 5.32 Å². The summed E-state index contributed by atoms with van der Waals surface area (Å²) < 4.78 is 25.1. The predicted octanol–water partition coefficient (Wildman–Crippen LogP) is 0.649. The number of anilines is 1. The molecule has 0 unspecified atom stereocenters. The molecule has 0 amide bonds. The molecule has 0 spiro atoms. The maximum absolute atomic E-state index is 11.4. The Balaban J connectivity index is 2.64. The van der Waals surface area contributed by atoms with E-state index in [0.29, 0.717) is 12.1 Å². The Hall–Kier alpha value is -1.74. The van der Waals surface area contributed by atoms with Gasteiger partial charge in [-0.2, -0.15) is 0 Å². The molecule has 8 nitrogen and oxygen atoms in total. The largest absolute Gasteiger partial charge is 0.369 e. The van der Waals surface area contributed by atoms with E-state index >= 15 is 0 Å². The maximum atomic E-state index is 11.4. The molecule has 1 rings (SSSR count). The fourth-order valence-corrected chi connectivity index (χ4v) is 2.37. The Morgan fingerprint density at radius 1 is 1.47 bits per heavy atom. The van der Waals surface area contributed by atoms with Crippen molar-refractivity contribution < 1.29 is 13.3 Å². The van der Waals surface area contributed by atoms with E-state index in [1.54, 1.807) is 13.8 Å². The van der Waals surface area contributed by atoms with Gasteiger partial charge in [-0.3, -0.25) is 10.1 Å². The molecule has 19 heavy (non-hydrogen) atoms. The minimum atomic E-state index is -3.31. The zero-order valence-corrected chi connectivity index (χ0v) is 11.5. The third kappa shape index (κ3) is 4.79. The lowest BCUT2D eigenvalue weighted by atomic mass is 10.2. The van der Waals surface area contributed by atoms with E-state index < -0.39 is 14.9 Å². The normalized spacial score (nSPS) is 11.3. The summed E-state index contributed by atoms with van der Waals surface area (Å²) in [5.41, 5.74) is 0.405. The Morgan fingerprint density at radius 2 is 2.16 bits per heavy atom. The van der Waals surface area contributed by atoms with E-state index in [2.05, 4.69) is 15.0 Å². The van der Waals surface area contributed by atoms with Crippen LogP contribution in [0.4, 0.5) is 11.5 Å². The van der Waals surface area contributed by atoms with Gasteiger partial charge in [0.15, 0.2) is 0 Å². The highest BCUT2D eigenvalue weighted by Gasteiger charge is 2.13. The molecular formula is C10H16N4O4S. The fraction of sp³-hybridized carbons (Fsp3) is 0.500. The molecule has 1 aromatic rings. The summed E-state index contributed by atoms with van der Waals surface area (Å²) in [7, 11) is -3.31. The van der Waals surface area contributed by atoms with Crippen LogP contribution in [0.25, 0.3) is 0 Å². The number of rotatable bonds is 7. The number of aromatic nitrogens is 1. The lowest BCUT2D eigenvalue weighted by Gasteiger charge is -2.07. The summed E-state index contributed by atoms with van der Waals surface area (Å²) in [6.07, 6.45) is 1.37. The first-order valence-electron chi connectivity index (χ1n) is 5.68. The highest BCUT2D eigenvalue weighted by molar-refractivity contribution is 7.89. The van der Waals surface area contributed by atoms with E-state index in [4.69, 9.17) is 0 Å². The third-order valence-electron chi connectivity index (χ3n) is 2.31. The van der Waals surface area contributed by atoms with Crippen molar-refractivity contribution in [3.63, 3.8) is 0 Å². The maximum Gasteiger partial charge on any atom is 0.277 e. The van der Waals surface area contributed by atoms with Crippen molar-refractivity contribution in [2.45, 2.75) is 13.8 Å². The van der Waals surface area contributed by atoms with Gasteiger partial charge in [0, 0.05) is 24.8 Å². The van der Waals surface area contributed by atoms with E-state index in [1.807, 2.05) is 0 Å². The Morgan fingerprint density at radius 3 is 2.74 bits per heavy atom. The molecule has 0 fully saturated rings. The monoisotopic (exact) mass is 288 g/mol. The van der Waals surface area contributed by atoms with E-state index in [9.17, 15) is 18.5 Å². The molecule has 1 heterocycles. The van der Waals surface area contributed by atoms with E-state index in [0.717, 1.165) is 0 Å². The summed E-state index contributed by atoms with van der Waals surface area (Å²) in [4.78, 5) is 14.2. The average molecular weight is 288 g/mol. The average Bonchev–Trinajstić information content (AvgIpc) is 2.30. The molecule has 0 saturated carbocycles. The summed E-state index contributed by atoms with van der Waals surface area (Å²) in [5.74, 6) is 0.161. The number of nitro groups is 1. The second-order valence-electron chi connectivity index (χ2n) is 3.86. The van der Waals surface area contributed by atoms with E-state index in [-0.39, 0.29) is 23.8 Å². The predicted molar refractivity (Wildman–Crippen MR) is 71.6 cm³/mol. The summed E-state index contributed by atoms with van der Waals surface area (Å²) in [6, 6.07) is 1.29. The van der Waals surface area contributed by atoms with Crippen LogP contribution in [0.15, 0.2) is 12.3 Å². The lowest BCUT2D eigenvalue weighted by molar-refractivity contribution is -0.385. The summed E-state index contributed by atoms with van der Waals surface area (Å²) in [6.45, 7) is 3.74. The van der Waals surface area contributed by atoms with Gasteiger partial charge in [-0.1, -0.05) is 6.92 Å². The zero-order chi connectivity index (χ0) is 14.5. The third-order valence-corrected chi connectivity index (χ3v) is 3.78. The molecule has 0 aliphatic heterocycles. The zero-order valence-electron chi connectivity index (χ0n) is 10.7. The molecule has 1 aromatic heterocycles. The molecule has 2 N–H and O–H groups in total. The van der Waals surface area contributed by atoms with Crippen molar-refractivity contribution in [1.82, 2.24) is 9.71 Å². The number of hydrogen-bond acceptors (Lipinski definition) is 6. The molecule has 9 heteroatoms. The van der Waals surface area contributed by atoms with Gasteiger partial charge in [-0.15, -0.1) is 0 Å². The molecule has 0 aliphatic rings. The Bertz CT molecular complexity index is 559. The molecule has 0 bridgehead atoms. The number of pyridine rings is 1. The molecule has 106 valence electrons. The van der Waals surface area contributed by atoms with Gasteiger partial charge in [-0.25, -0.2) is 18.1 Å². The summed E-state index contributed by atoms with van der Waals surface area (Å²) >= 11 is 0. The van der Waals surface area contributed by atoms with Gasteiger partial charge in [0.05, 0.1) is 16.7 Å². The first-order valence-corrected chi connectivity index (χ1v) is 7.33. The van der Waals surface area contributed by atoms with Crippen LogP contribution in [-0.4, -0.2) is 37.2 Å². The molecule has 0 atom stereocenters. The minimum Gasteiger partial charge on any atom is -0.369 e. The van der Waals surface area contributed by atoms with Crippen LogP contribution in [0.3, 0.4) is 0 Å². The van der Waals surface area contributed by atoms with Crippen LogP contribution in [0.2, 0.25) is 0 Å². The molecular weight excluding hydrogens is 272 g/mol. The molecule has 0 aliphatic carbocycles. The van der Waals surface area contributed by atoms with Crippen LogP contribution in [0.5, 0.6) is 0 Å². The summed E-state index contributed by atoms with van der Waals surface area (Å²) in [5, 5.41) is 13.5. The lowest BCUT2D eigenvalue weighted by Crippen LogP contribution is -2.29. The van der Waals surface area contributed by atoms with Crippen molar-refractivity contribution in [1.29, 1.82) is 0 Å².